The van der Waals surface area contributed by atoms with Gasteiger partial charge < -0.3 is 40.4 Å². The van der Waals surface area contributed by atoms with Gasteiger partial charge >= 0.3 is 11.6 Å². The summed E-state index contributed by atoms with van der Waals surface area (Å²) >= 11 is 1.56. The first-order valence-corrected chi connectivity index (χ1v) is 26.2. The van der Waals surface area contributed by atoms with Crippen LogP contribution in [0.3, 0.4) is 0 Å². The van der Waals surface area contributed by atoms with Crippen LogP contribution in [0.25, 0.3) is 21.4 Å². The third kappa shape index (κ3) is 14.7. The van der Waals surface area contributed by atoms with Crippen LogP contribution in [0.5, 0.6) is 11.8 Å². The van der Waals surface area contributed by atoms with E-state index in [0.29, 0.717) is 47.2 Å². The molecule has 3 aromatic carbocycles. The number of likely N-dealkylation sites (tertiary alicyclic amines) is 1. The highest BCUT2D eigenvalue weighted by molar-refractivity contribution is 7.13. The topological polar surface area (TPSA) is 235 Å². The molecule has 1 aliphatic rings. The van der Waals surface area contributed by atoms with Gasteiger partial charge in [0.1, 0.15) is 29.2 Å². The second-order valence-corrected chi connectivity index (χ2v) is 20.9. The summed E-state index contributed by atoms with van der Waals surface area (Å²) < 4.78 is 27.0. The molecule has 3 aromatic heterocycles. The first kappa shape index (κ1) is 55.4. The van der Waals surface area contributed by atoms with Crippen molar-refractivity contribution in [3.8, 4) is 22.2 Å². The minimum atomic E-state index is -1.02. The standard InChI is InChI=1S/C56H65FN8O9S/c1-33-41-22-21-40(73-55-59-26-13-27-60-55)30-45(41)74-54(72)42(33)28-38-14-12-15-43(49(38)57)63-47(68)16-10-8-7-9-11-25-58-46(67)23-24-48(69)64-51(56(4,5)6)53(71)65-31-39(66)29-44(65)52(70)62-34(2)36-17-19-37(20-18-36)50-35(3)61-32-75-50/h12-15,17-22,26-27,30,32,34,39,44,51,66H,7-11,16,23-25,28-29,31H2,1-6H3,(H,58,67)(H,62,70)(H,63,68)(H,64,69)/t34-,39+,44-,51+/m0/s1. The van der Waals surface area contributed by atoms with Crippen LogP contribution in [0.1, 0.15) is 119 Å². The highest BCUT2D eigenvalue weighted by atomic mass is 32.1. The van der Waals surface area contributed by atoms with E-state index < -0.39 is 52.8 Å². The van der Waals surface area contributed by atoms with E-state index in [-0.39, 0.29) is 73.8 Å². The van der Waals surface area contributed by atoms with Crippen molar-refractivity contribution in [1.29, 1.82) is 0 Å². The van der Waals surface area contributed by atoms with Crippen molar-refractivity contribution in [3.05, 3.63) is 129 Å². The molecule has 0 saturated carbocycles. The number of aryl methyl sites for hydroxylation is 2. The number of aliphatic hydroxyl groups is 1. The van der Waals surface area contributed by atoms with E-state index in [0.717, 1.165) is 41.0 Å². The largest absolute Gasteiger partial charge is 0.424 e. The van der Waals surface area contributed by atoms with E-state index in [1.54, 1.807) is 93.3 Å². The molecule has 5 N–H and O–H groups in total. The Hall–Kier alpha value is -7.38. The fraction of sp³-hybridized carbons (Fsp3) is 0.411. The highest BCUT2D eigenvalue weighted by Gasteiger charge is 2.44. The van der Waals surface area contributed by atoms with Crippen molar-refractivity contribution in [2.75, 3.05) is 18.4 Å². The molecule has 17 nitrogen and oxygen atoms in total. The number of benzene rings is 3. The smallest absolute Gasteiger partial charge is 0.340 e. The number of unbranched alkanes of at least 4 members (excludes halogenated alkanes) is 4. The number of amides is 5. The number of thiazole rings is 1. The quantitative estimate of drug-likeness (QED) is 0.0319. The van der Waals surface area contributed by atoms with E-state index in [1.165, 1.54) is 11.0 Å². The molecule has 1 fully saturated rings. The normalized spacial score (nSPS) is 15.3. The zero-order chi connectivity index (χ0) is 53.8. The third-order valence-electron chi connectivity index (χ3n) is 13.3. The van der Waals surface area contributed by atoms with E-state index in [1.807, 2.05) is 38.1 Å². The number of nitrogens with zero attached hydrogens (tertiary/aromatic N) is 4. The predicted octanol–water partition coefficient (Wildman–Crippen LogP) is 8.39. The molecule has 7 rings (SSSR count). The summed E-state index contributed by atoms with van der Waals surface area (Å²) in [7, 11) is 0. The van der Waals surface area contributed by atoms with Crippen molar-refractivity contribution in [3.63, 3.8) is 0 Å². The summed E-state index contributed by atoms with van der Waals surface area (Å²) in [6.07, 6.45) is 5.72. The second kappa shape index (κ2) is 25.2. The van der Waals surface area contributed by atoms with Gasteiger partial charge in [0.05, 0.1) is 33.9 Å². The molecule has 0 aliphatic carbocycles. The van der Waals surface area contributed by atoms with Crippen LogP contribution in [-0.4, -0.2) is 85.8 Å². The van der Waals surface area contributed by atoms with E-state index in [2.05, 4.69) is 36.2 Å². The molecule has 75 heavy (non-hydrogen) atoms. The van der Waals surface area contributed by atoms with E-state index in [4.69, 9.17) is 9.15 Å². The number of carbonyl (C=O) groups is 5. The Bertz CT molecular complexity index is 3050. The third-order valence-corrected chi connectivity index (χ3v) is 14.2. The first-order chi connectivity index (χ1) is 35.9. The number of hydrogen-bond donors (Lipinski definition) is 5. The van der Waals surface area contributed by atoms with Gasteiger partial charge in [0.2, 0.25) is 29.5 Å². The van der Waals surface area contributed by atoms with Gasteiger partial charge in [-0.15, -0.1) is 11.3 Å². The first-order valence-electron chi connectivity index (χ1n) is 25.3. The number of rotatable bonds is 22. The maximum atomic E-state index is 15.7. The van der Waals surface area contributed by atoms with Gasteiger partial charge in [0.15, 0.2) is 0 Å². The lowest BCUT2D eigenvalue weighted by Crippen LogP contribution is -2.57. The molecule has 396 valence electrons. The minimum absolute atomic E-state index is 0.0192. The summed E-state index contributed by atoms with van der Waals surface area (Å²) in [5.41, 5.74) is 4.75. The van der Waals surface area contributed by atoms with Gasteiger partial charge in [-0.3, -0.25) is 24.0 Å². The SMILES string of the molecule is Cc1ncsc1-c1ccc([C@H](C)NC(=O)[C@@H]2C[C@@H](O)CN2C(=O)[C@@H](NC(=O)CCC(=O)NCCCCCCCC(=O)Nc2cccc(Cc3c(C)c4ccc(Oc5ncccn5)cc4oc3=O)c2F)C(C)(C)C)cc1. The number of halogens is 1. The van der Waals surface area contributed by atoms with Gasteiger partial charge in [-0.1, -0.05) is 76.4 Å². The van der Waals surface area contributed by atoms with Crippen molar-refractivity contribution < 1.29 is 42.6 Å². The second-order valence-electron chi connectivity index (χ2n) is 20.0. The maximum Gasteiger partial charge on any atom is 0.340 e. The lowest BCUT2D eigenvalue weighted by molar-refractivity contribution is -0.144. The number of fused-ring (bicyclic) bond motifs is 1. The number of nitrogens with one attached hydrogen (secondary N) is 4. The highest BCUT2D eigenvalue weighted by Crippen LogP contribution is 2.31. The number of β-amino-alcohol motifs (C(OH)–C–C–N with tert-alkyl or cyclic N) is 1. The zero-order valence-electron chi connectivity index (χ0n) is 43.2. The summed E-state index contributed by atoms with van der Waals surface area (Å²) in [6.45, 7) is 11.3. The van der Waals surface area contributed by atoms with E-state index in [9.17, 15) is 33.9 Å². The van der Waals surface area contributed by atoms with Gasteiger partial charge in [-0.05, 0) is 85.5 Å². The van der Waals surface area contributed by atoms with Crippen LogP contribution in [0.15, 0.2) is 93.8 Å². The van der Waals surface area contributed by atoms with Crippen LogP contribution < -0.4 is 31.6 Å². The Kier molecular flexibility index (Phi) is 18.6. The number of anilines is 1. The maximum absolute atomic E-state index is 15.7. The molecule has 4 atom stereocenters. The predicted molar refractivity (Wildman–Crippen MR) is 283 cm³/mol. The molecule has 0 unspecified atom stereocenters. The molecule has 6 aromatic rings. The number of carbonyl (C=O) groups excluding carboxylic acids is 5. The Balaban J connectivity index is 0.787. The molecule has 1 saturated heterocycles. The lowest BCUT2D eigenvalue weighted by atomic mass is 9.85. The van der Waals surface area contributed by atoms with Crippen molar-refractivity contribution >= 4 is 57.5 Å². The Morgan fingerprint density at radius 1 is 0.880 bits per heavy atom. The molecule has 0 radical (unpaired) electrons. The Morgan fingerprint density at radius 2 is 1.60 bits per heavy atom. The number of hydrogen-bond acceptors (Lipinski definition) is 13. The Labute approximate surface area is 439 Å². The molecule has 1 aliphatic heterocycles. The molecule has 4 heterocycles. The average molecular weight is 1050 g/mol. The van der Waals surface area contributed by atoms with Gasteiger partial charge in [0.25, 0.3) is 0 Å². The van der Waals surface area contributed by atoms with Gasteiger partial charge in [-0.2, -0.15) is 0 Å². The van der Waals surface area contributed by atoms with Crippen LogP contribution in [-0.2, 0) is 30.4 Å². The molecular formula is C56H65FN8O9S. The van der Waals surface area contributed by atoms with Gasteiger partial charge in [-0.25, -0.2) is 24.1 Å². The van der Waals surface area contributed by atoms with Gasteiger partial charge in [0, 0.05) is 74.6 Å². The van der Waals surface area contributed by atoms with Crippen molar-refractivity contribution in [1.82, 2.24) is 35.8 Å². The fourth-order valence-electron chi connectivity index (χ4n) is 9.03. The summed E-state index contributed by atoms with van der Waals surface area (Å²) in [6, 6.07) is 17.0. The van der Waals surface area contributed by atoms with Crippen LogP contribution in [0.4, 0.5) is 10.1 Å². The number of ether oxygens (including phenoxy) is 1. The molecule has 5 amide bonds. The van der Waals surface area contributed by atoms with E-state index >= 15 is 4.39 Å². The zero-order valence-corrected chi connectivity index (χ0v) is 44.0. The van der Waals surface area contributed by atoms with Crippen LogP contribution >= 0.6 is 11.3 Å². The average Bonchev–Trinajstić information content (AvgIpc) is 4.00. The van der Waals surface area contributed by atoms with Crippen LogP contribution in [0, 0.1) is 25.1 Å². The summed E-state index contributed by atoms with van der Waals surface area (Å²) in [5.74, 6) is -2.28. The number of aliphatic hydroxyl groups excluding tert-OH is 1. The van der Waals surface area contributed by atoms with Crippen molar-refractivity contribution in [2.45, 2.75) is 130 Å². The molecule has 0 bridgehead atoms. The fourth-order valence-corrected chi connectivity index (χ4v) is 9.85. The van der Waals surface area contributed by atoms with Crippen LogP contribution in [0.2, 0.25) is 0 Å². The Morgan fingerprint density at radius 3 is 2.32 bits per heavy atom. The summed E-state index contributed by atoms with van der Waals surface area (Å²) in [5, 5.41) is 22.6. The summed E-state index contributed by atoms with van der Waals surface area (Å²) in [4.78, 5) is 94.4. The molecule has 19 heteroatoms. The molecule has 0 spiro atoms. The number of aromatic nitrogens is 3. The van der Waals surface area contributed by atoms with Crippen molar-refractivity contribution in [2.24, 2.45) is 5.41 Å². The molecular weight excluding hydrogens is 980 g/mol. The minimum Gasteiger partial charge on any atom is -0.424 e. The lowest BCUT2D eigenvalue weighted by Gasteiger charge is -2.35. The monoisotopic (exact) mass is 1040 g/mol.